The van der Waals surface area contributed by atoms with Crippen LogP contribution < -0.4 is 5.32 Å². The highest BCUT2D eigenvalue weighted by atomic mass is 14.8. The van der Waals surface area contributed by atoms with Gasteiger partial charge in [0.1, 0.15) is 0 Å². The first-order valence-corrected chi connectivity index (χ1v) is 3.12. The molecule has 1 nitrogen and oxygen atoms in total. The fourth-order valence-corrected chi connectivity index (χ4v) is 0.479. The van der Waals surface area contributed by atoms with Crippen molar-refractivity contribution in [3.05, 3.63) is 0 Å². The van der Waals surface area contributed by atoms with E-state index in [1.165, 1.54) is 25.9 Å². The van der Waals surface area contributed by atoms with E-state index < -0.39 is 0 Å². The van der Waals surface area contributed by atoms with Crippen molar-refractivity contribution >= 4 is 8.41 Å². The normalized spacial score (nSPS) is 8.25. The number of rotatable bonds is 4. The second-order valence-corrected chi connectivity index (χ2v) is 1.75. The first-order chi connectivity index (χ1) is 3.41. The van der Waals surface area contributed by atoms with Gasteiger partial charge < -0.3 is 5.32 Å². The molecule has 0 aliphatic rings. The number of hydrogen-bond donors (Lipinski definition) is 1. The Morgan fingerprint density at radius 1 is 1.00 bits per heavy atom. The Kier molecular flexibility index (Phi) is 13.8. The van der Waals surface area contributed by atoms with Gasteiger partial charge in [0.25, 0.3) is 0 Å². The number of hydrogen-bond acceptors (Lipinski definition) is 1. The predicted molar refractivity (Wildman–Crippen MR) is 39.2 cm³/mol. The molecule has 0 saturated carbocycles. The van der Waals surface area contributed by atoms with Crippen molar-refractivity contribution in [3.63, 3.8) is 0 Å². The summed E-state index contributed by atoms with van der Waals surface area (Å²) in [5.74, 6) is 0. The Morgan fingerprint density at radius 2 is 1.38 bits per heavy atom. The Bertz CT molecular complexity index is 27.7. The molecule has 0 unspecified atom stereocenters. The second kappa shape index (κ2) is 10.1. The van der Waals surface area contributed by atoms with E-state index in [1.54, 1.807) is 0 Å². The molecule has 0 heterocycles. The topological polar surface area (TPSA) is 12.0 Å². The van der Waals surface area contributed by atoms with Crippen LogP contribution in [0.4, 0.5) is 0 Å². The van der Waals surface area contributed by atoms with Crippen molar-refractivity contribution in [1.29, 1.82) is 0 Å². The van der Waals surface area contributed by atoms with Gasteiger partial charge in [-0.1, -0.05) is 13.8 Å². The molecular formula is C6H15BN. The molecule has 0 aliphatic carbocycles. The lowest BCUT2D eigenvalue weighted by Gasteiger charge is -1.95. The highest BCUT2D eigenvalue weighted by Crippen LogP contribution is 1.71. The Hall–Kier alpha value is 0.0249. The van der Waals surface area contributed by atoms with Crippen LogP contribution in [0.2, 0.25) is 0 Å². The van der Waals surface area contributed by atoms with Crippen LogP contribution in [0.15, 0.2) is 0 Å². The van der Waals surface area contributed by atoms with E-state index in [0.717, 1.165) is 0 Å². The summed E-state index contributed by atoms with van der Waals surface area (Å²) in [4.78, 5) is 0. The third kappa shape index (κ3) is 9.39. The fourth-order valence-electron chi connectivity index (χ4n) is 0.479. The van der Waals surface area contributed by atoms with Crippen molar-refractivity contribution in [2.75, 3.05) is 13.1 Å². The summed E-state index contributed by atoms with van der Waals surface area (Å²) in [5, 5.41) is 3.28. The smallest absolute Gasteiger partial charge is 0 e. The van der Waals surface area contributed by atoms with Crippen molar-refractivity contribution in [2.24, 2.45) is 0 Å². The third-order valence-electron chi connectivity index (χ3n) is 0.854. The summed E-state index contributed by atoms with van der Waals surface area (Å²) >= 11 is 0. The molecule has 0 spiro atoms. The van der Waals surface area contributed by atoms with E-state index >= 15 is 0 Å². The van der Waals surface area contributed by atoms with Gasteiger partial charge in [-0.3, -0.25) is 0 Å². The van der Waals surface area contributed by atoms with Crippen LogP contribution in [0.3, 0.4) is 0 Å². The summed E-state index contributed by atoms with van der Waals surface area (Å²) in [5.41, 5.74) is 0. The van der Waals surface area contributed by atoms with Crippen LogP contribution in [-0.2, 0) is 0 Å². The van der Waals surface area contributed by atoms with Gasteiger partial charge in [-0.25, -0.2) is 0 Å². The molecule has 0 saturated heterocycles. The summed E-state index contributed by atoms with van der Waals surface area (Å²) < 4.78 is 0. The highest BCUT2D eigenvalue weighted by molar-refractivity contribution is 5.75. The van der Waals surface area contributed by atoms with Crippen LogP contribution in [0.25, 0.3) is 0 Å². The van der Waals surface area contributed by atoms with Crippen LogP contribution >= 0.6 is 0 Å². The van der Waals surface area contributed by atoms with Gasteiger partial charge >= 0.3 is 0 Å². The maximum atomic E-state index is 3.28. The van der Waals surface area contributed by atoms with Crippen LogP contribution in [0, 0.1) is 0 Å². The van der Waals surface area contributed by atoms with Gasteiger partial charge in [-0.15, -0.1) is 0 Å². The van der Waals surface area contributed by atoms with Gasteiger partial charge in [0.05, 0.1) is 0 Å². The van der Waals surface area contributed by atoms with E-state index in [9.17, 15) is 0 Å². The molecule has 0 atom stereocenters. The summed E-state index contributed by atoms with van der Waals surface area (Å²) in [6, 6.07) is 0. The Balaban J connectivity index is 0. The van der Waals surface area contributed by atoms with Crippen molar-refractivity contribution in [3.8, 4) is 0 Å². The quantitative estimate of drug-likeness (QED) is 0.422. The van der Waals surface area contributed by atoms with E-state index in [4.69, 9.17) is 0 Å². The minimum atomic E-state index is 0. The monoisotopic (exact) mass is 112 g/mol. The van der Waals surface area contributed by atoms with Crippen molar-refractivity contribution < 1.29 is 0 Å². The highest BCUT2D eigenvalue weighted by Gasteiger charge is 1.76. The van der Waals surface area contributed by atoms with Gasteiger partial charge in [-0.05, 0) is 25.9 Å². The van der Waals surface area contributed by atoms with Gasteiger partial charge in [0.2, 0.25) is 0 Å². The molecule has 3 radical (unpaired) electrons. The molecule has 8 heavy (non-hydrogen) atoms. The summed E-state index contributed by atoms with van der Waals surface area (Å²) in [6.45, 7) is 6.72. The molecule has 0 aromatic carbocycles. The maximum Gasteiger partial charge on any atom is 0 e. The number of nitrogens with one attached hydrogen (secondary N) is 1. The zero-order valence-corrected chi connectivity index (χ0v) is 5.91. The lowest BCUT2D eigenvalue weighted by molar-refractivity contribution is 0.662. The van der Waals surface area contributed by atoms with Gasteiger partial charge in [0, 0.05) is 8.41 Å². The zero-order chi connectivity index (χ0) is 5.54. The summed E-state index contributed by atoms with van der Waals surface area (Å²) in [7, 11) is 0. The molecular weight excluding hydrogens is 96.9 g/mol. The summed E-state index contributed by atoms with van der Waals surface area (Å²) in [6.07, 6.45) is 2.50. The molecule has 0 rings (SSSR count). The largest absolute Gasteiger partial charge is 0.317 e. The standard InChI is InChI=1S/C6H15N.B/c1-3-5-7-6-4-2;/h7H,3-6H2,1-2H3;. The maximum absolute atomic E-state index is 3.28. The molecule has 47 valence electrons. The van der Waals surface area contributed by atoms with Crippen molar-refractivity contribution in [1.82, 2.24) is 5.32 Å². The molecule has 0 aromatic rings. The minimum Gasteiger partial charge on any atom is -0.317 e. The average Bonchev–Trinajstić information content (AvgIpc) is 1.69. The third-order valence-corrected chi connectivity index (χ3v) is 0.854. The van der Waals surface area contributed by atoms with E-state index in [-0.39, 0.29) is 8.41 Å². The zero-order valence-electron chi connectivity index (χ0n) is 5.91. The second-order valence-electron chi connectivity index (χ2n) is 1.75. The Labute approximate surface area is 54.4 Å². The van der Waals surface area contributed by atoms with E-state index in [1.807, 2.05) is 0 Å². The van der Waals surface area contributed by atoms with Gasteiger partial charge in [0.15, 0.2) is 0 Å². The lowest BCUT2D eigenvalue weighted by atomic mass is 10.4. The van der Waals surface area contributed by atoms with E-state index in [0.29, 0.717) is 0 Å². The average molecular weight is 112 g/mol. The van der Waals surface area contributed by atoms with Crippen LogP contribution in [-0.4, -0.2) is 21.5 Å². The van der Waals surface area contributed by atoms with E-state index in [2.05, 4.69) is 19.2 Å². The SMILES string of the molecule is CCCNCCC.[B]. The van der Waals surface area contributed by atoms with Crippen LogP contribution in [0.5, 0.6) is 0 Å². The van der Waals surface area contributed by atoms with Crippen LogP contribution in [0.1, 0.15) is 26.7 Å². The first kappa shape index (κ1) is 10.9. The molecule has 0 amide bonds. The van der Waals surface area contributed by atoms with Crippen molar-refractivity contribution in [2.45, 2.75) is 26.7 Å². The Morgan fingerprint density at radius 3 is 1.62 bits per heavy atom. The molecule has 0 bridgehead atoms. The molecule has 0 aromatic heterocycles. The lowest BCUT2D eigenvalue weighted by Crippen LogP contribution is -2.14. The molecule has 2 heteroatoms. The van der Waals surface area contributed by atoms with Gasteiger partial charge in [-0.2, -0.15) is 0 Å². The molecule has 1 N–H and O–H groups in total. The molecule has 0 aliphatic heterocycles. The minimum absolute atomic E-state index is 0. The molecule has 0 fully saturated rings. The fraction of sp³-hybridized carbons (Fsp3) is 1.00. The first-order valence-electron chi connectivity index (χ1n) is 3.12. The predicted octanol–water partition coefficient (Wildman–Crippen LogP) is 1.02.